The molecule has 0 spiro atoms. The molecule has 0 saturated heterocycles. The molecule has 0 saturated carbocycles. The van der Waals surface area contributed by atoms with Gasteiger partial charge in [-0.05, 0) is 25.5 Å². The Hall–Kier alpha value is -2.14. The predicted molar refractivity (Wildman–Crippen MR) is 88.2 cm³/mol. The van der Waals surface area contributed by atoms with Gasteiger partial charge in [-0.15, -0.1) is 0 Å². The monoisotopic (exact) mass is 340 g/mol. The maximum absolute atomic E-state index is 13.8. The minimum Gasteiger partial charge on any atom is -0.354 e. The Morgan fingerprint density at radius 2 is 2.17 bits per heavy atom. The molecule has 1 rings (SSSR count). The summed E-state index contributed by atoms with van der Waals surface area (Å²) in [7, 11) is -1.43. The van der Waals surface area contributed by atoms with Crippen molar-refractivity contribution in [1.29, 1.82) is 5.26 Å². The zero-order valence-corrected chi connectivity index (χ0v) is 14.2. The summed E-state index contributed by atoms with van der Waals surface area (Å²) in [5.74, 6) is 0.0782. The van der Waals surface area contributed by atoms with E-state index in [1.165, 1.54) is 12.3 Å². The number of nitrogens with one attached hydrogen (secondary N) is 2. The minimum absolute atomic E-state index is 0.0857. The highest BCUT2D eigenvalue weighted by Gasteiger charge is 2.10. The number of benzene rings is 1. The minimum atomic E-state index is -3.01. The van der Waals surface area contributed by atoms with Gasteiger partial charge in [0.05, 0.1) is 17.4 Å². The summed E-state index contributed by atoms with van der Waals surface area (Å²) >= 11 is 0. The Labute approximate surface area is 136 Å². The van der Waals surface area contributed by atoms with E-state index in [0.717, 1.165) is 0 Å². The standard InChI is InChI=1S/C15H21FN4O2S/c1-11(6-7-23(3,21)22)20-15(18-2)19-10-13-5-4-12(9-17)8-14(13)16/h4-5,8,11H,6-7,10H2,1-3H3,(H2,18,19,20). The summed E-state index contributed by atoms with van der Waals surface area (Å²) in [4.78, 5) is 4.02. The average Bonchev–Trinajstić information content (AvgIpc) is 2.49. The first kappa shape index (κ1) is 18.9. The summed E-state index contributed by atoms with van der Waals surface area (Å²) < 4.78 is 36.1. The number of rotatable bonds is 6. The topological polar surface area (TPSA) is 94.3 Å². The zero-order valence-electron chi connectivity index (χ0n) is 13.4. The highest BCUT2D eigenvalue weighted by atomic mass is 32.2. The van der Waals surface area contributed by atoms with E-state index in [1.54, 1.807) is 19.2 Å². The van der Waals surface area contributed by atoms with Gasteiger partial charge >= 0.3 is 0 Å². The van der Waals surface area contributed by atoms with E-state index >= 15 is 0 Å². The van der Waals surface area contributed by atoms with Crippen molar-refractivity contribution in [2.24, 2.45) is 4.99 Å². The number of nitrogens with zero attached hydrogens (tertiary/aromatic N) is 2. The molecule has 0 aliphatic carbocycles. The van der Waals surface area contributed by atoms with Crippen molar-refractivity contribution >= 4 is 15.8 Å². The quantitative estimate of drug-likeness (QED) is 0.599. The molecule has 126 valence electrons. The molecule has 0 aliphatic heterocycles. The Kier molecular flexibility index (Phi) is 6.97. The van der Waals surface area contributed by atoms with Crippen molar-refractivity contribution in [3.05, 3.63) is 35.1 Å². The van der Waals surface area contributed by atoms with Crippen molar-refractivity contribution in [3.8, 4) is 6.07 Å². The van der Waals surface area contributed by atoms with Crippen LogP contribution < -0.4 is 10.6 Å². The number of aliphatic imine (C=N–C) groups is 1. The lowest BCUT2D eigenvalue weighted by Crippen LogP contribution is -2.42. The molecular weight excluding hydrogens is 319 g/mol. The van der Waals surface area contributed by atoms with Crippen LogP contribution in [0, 0.1) is 17.1 Å². The first-order valence-corrected chi connectivity index (χ1v) is 9.14. The van der Waals surface area contributed by atoms with Crippen LogP contribution in [0.15, 0.2) is 23.2 Å². The summed E-state index contributed by atoms with van der Waals surface area (Å²) in [6.07, 6.45) is 1.64. The van der Waals surface area contributed by atoms with E-state index in [2.05, 4.69) is 15.6 Å². The summed E-state index contributed by atoms with van der Waals surface area (Å²) in [5, 5.41) is 14.7. The lowest BCUT2D eigenvalue weighted by atomic mass is 10.1. The highest BCUT2D eigenvalue weighted by Crippen LogP contribution is 2.09. The van der Waals surface area contributed by atoms with Crippen LogP contribution in [-0.2, 0) is 16.4 Å². The van der Waals surface area contributed by atoms with Crippen LogP contribution in [-0.4, -0.2) is 39.5 Å². The van der Waals surface area contributed by atoms with Crippen LogP contribution in [0.3, 0.4) is 0 Å². The van der Waals surface area contributed by atoms with E-state index < -0.39 is 15.7 Å². The first-order valence-electron chi connectivity index (χ1n) is 7.08. The molecule has 1 aromatic carbocycles. The fourth-order valence-electron chi connectivity index (χ4n) is 1.83. The van der Waals surface area contributed by atoms with Crippen LogP contribution in [0.5, 0.6) is 0 Å². The zero-order chi connectivity index (χ0) is 17.5. The van der Waals surface area contributed by atoms with Crippen molar-refractivity contribution in [3.63, 3.8) is 0 Å². The molecule has 1 atom stereocenters. The van der Waals surface area contributed by atoms with Gasteiger partial charge in [0.25, 0.3) is 0 Å². The summed E-state index contributed by atoms with van der Waals surface area (Å²) in [6.45, 7) is 2.05. The highest BCUT2D eigenvalue weighted by molar-refractivity contribution is 7.90. The second-order valence-electron chi connectivity index (χ2n) is 5.31. The molecule has 2 N–H and O–H groups in total. The normalized spacial score (nSPS) is 13.3. The van der Waals surface area contributed by atoms with Crippen molar-refractivity contribution in [1.82, 2.24) is 10.6 Å². The molecule has 0 fully saturated rings. The first-order chi connectivity index (χ1) is 10.7. The van der Waals surface area contributed by atoms with Crippen LogP contribution in [0.4, 0.5) is 4.39 Å². The Morgan fingerprint density at radius 3 is 2.70 bits per heavy atom. The molecule has 0 aromatic heterocycles. The predicted octanol–water partition coefficient (Wildman–Crippen LogP) is 1.19. The van der Waals surface area contributed by atoms with E-state index in [9.17, 15) is 12.8 Å². The third kappa shape index (κ3) is 7.10. The molecule has 0 radical (unpaired) electrons. The maximum Gasteiger partial charge on any atom is 0.191 e. The Morgan fingerprint density at radius 1 is 1.48 bits per heavy atom. The lowest BCUT2D eigenvalue weighted by molar-refractivity contribution is 0.578. The van der Waals surface area contributed by atoms with Gasteiger partial charge in [0, 0.05) is 31.5 Å². The van der Waals surface area contributed by atoms with Gasteiger partial charge in [0.1, 0.15) is 15.7 Å². The number of guanidine groups is 1. The SMILES string of the molecule is CN=C(NCc1ccc(C#N)cc1F)NC(C)CCS(C)(=O)=O. The smallest absolute Gasteiger partial charge is 0.191 e. The van der Waals surface area contributed by atoms with Crippen LogP contribution in [0.1, 0.15) is 24.5 Å². The molecule has 0 heterocycles. The van der Waals surface area contributed by atoms with Gasteiger partial charge in [0.2, 0.25) is 0 Å². The van der Waals surface area contributed by atoms with E-state index in [-0.39, 0.29) is 23.9 Å². The van der Waals surface area contributed by atoms with Gasteiger partial charge < -0.3 is 10.6 Å². The van der Waals surface area contributed by atoms with Gasteiger partial charge in [-0.25, -0.2) is 12.8 Å². The molecule has 23 heavy (non-hydrogen) atoms. The van der Waals surface area contributed by atoms with Crippen molar-refractivity contribution < 1.29 is 12.8 Å². The molecule has 8 heteroatoms. The Balaban J connectivity index is 2.56. The van der Waals surface area contributed by atoms with Crippen LogP contribution >= 0.6 is 0 Å². The van der Waals surface area contributed by atoms with E-state index in [4.69, 9.17) is 5.26 Å². The number of halogens is 1. The van der Waals surface area contributed by atoms with Gasteiger partial charge in [-0.1, -0.05) is 6.07 Å². The molecule has 6 nitrogen and oxygen atoms in total. The fourth-order valence-corrected chi connectivity index (χ4v) is 2.61. The number of nitriles is 1. The van der Waals surface area contributed by atoms with Gasteiger partial charge in [-0.2, -0.15) is 5.26 Å². The number of sulfone groups is 1. The molecule has 0 amide bonds. The largest absolute Gasteiger partial charge is 0.354 e. The van der Waals surface area contributed by atoms with Crippen molar-refractivity contribution in [2.45, 2.75) is 25.9 Å². The third-order valence-corrected chi connectivity index (χ3v) is 4.13. The molecule has 0 aliphatic rings. The number of hydrogen-bond acceptors (Lipinski definition) is 4. The van der Waals surface area contributed by atoms with Gasteiger partial charge in [-0.3, -0.25) is 4.99 Å². The lowest BCUT2D eigenvalue weighted by Gasteiger charge is -2.17. The van der Waals surface area contributed by atoms with Crippen LogP contribution in [0.25, 0.3) is 0 Å². The fraction of sp³-hybridized carbons (Fsp3) is 0.467. The summed E-state index contributed by atoms with van der Waals surface area (Å²) in [5.41, 5.74) is 0.680. The second-order valence-corrected chi connectivity index (χ2v) is 7.57. The second kappa shape index (κ2) is 8.48. The van der Waals surface area contributed by atoms with Crippen LogP contribution in [0.2, 0.25) is 0 Å². The third-order valence-electron chi connectivity index (χ3n) is 3.16. The Bertz CT molecular complexity index is 711. The average molecular weight is 340 g/mol. The molecule has 0 bridgehead atoms. The van der Waals surface area contributed by atoms with E-state index in [0.29, 0.717) is 17.9 Å². The molecular formula is C15H21FN4O2S. The molecule has 1 unspecified atom stereocenters. The molecule has 1 aromatic rings. The van der Waals surface area contributed by atoms with Gasteiger partial charge in [0.15, 0.2) is 5.96 Å². The van der Waals surface area contributed by atoms with Crippen molar-refractivity contribution in [2.75, 3.05) is 19.1 Å². The van der Waals surface area contributed by atoms with E-state index in [1.807, 2.05) is 13.0 Å². The number of hydrogen-bond donors (Lipinski definition) is 2. The summed E-state index contributed by atoms with van der Waals surface area (Å²) in [6, 6.07) is 6.05. The maximum atomic E-state index is 13.8.